The predicted octanol–water partition coefficient (Wildman–Crippen LogP) is 13.7. The number of piperazine rings is 1. The number of carbonyl (C=O) groups is 1. The van der Waals surface area contributed by atoms with Gasteiger partial charge in [-0.1, -0.05) is 125 Å². The molecule has 77 heavy (non-hydrogen) atoms. The number of amides is 1. The Balaban J connectivity index is 1.14. The summed E-state index contributed by atoms with van der Waals surface area (Å²) in [7, 11) is -3.40. The summed E-state index contributed by atoms with van der Waals surface area (Å²) >= 11 is 0. The van der Waals surface area contributed by atoms with Crippen LogP contribution in [0.25, 0.3) is 32.9 Å². The fourth-order valence-electron chi connectivity index (χ4n) is 13.3. The van der Waals surface area contributed by atoms with Crippen molar-refractivity contribution in [2.75, 3.05) is 64.5 Å². The zero-order chi connectivity index (χ0) is 55.1. The van der Waals surface area contributed by atoms with E-state index in [1.165, 1.54) is 13.2 Å². The van der Waals surface area contributed by atoms with Crippen LogP contribution in [0.3, 0.4) is 0 Å². The van der Waals surface area contributed by atoms with E-state index in [1.807, 2.05) is 42.5 Å². The fraction of sp³-hybridized carbons (Fsp3) is 0.574. The van der Waals surface area contributed by atoms with E-state index < -0.39 is 28.0 Å². The van der Waals surface area contributed by atoms with Crippen LogP contribution < -0.4 is 18.8 Å². The molecule has 0 bridgehead atoms. The van der Waals surface area contributed by atoms with Crippen LogP contribution in [0.2, 0.25) is 33.2 Å². The number of methoxy groups -OCH3 is 1. The molecule has 414 valence electrons. The first-order valence-corrected chi connectivity index (χ1v) is 32.7. The molecule has 2 unspecified atom stereocenters. The summed E-state index contributed by atoms with van der Waals surface area (Å²) in [6.45, 7) is 32.0. The SMILES string of the molecule is COc1nc(-c2cc(O[Si](C(C)C)(C(C)C)C(C)C)cc3ccc(F)c(C#C[Si](C(C)C)(C(C)C)C(C)C)c23)c(F)c2nc(OCC3(CN4CCN(C(=O)OCc5ccccc5)CC4)CC3)nc(N3CCCOC4CC43)c12. The highest BCUT2D eigenvalue weighted by atomic mass is 28.4. The molecule has 3 aromatic carbocycles. The third-order valence-electron chi connectivity index (χ3n) is 17.6. The molecule has 4 fully saturated rings. The molecule has 0 spiro atoms. The van der Waals surface area contributed by atoms with Crippen molar-refractivity contribution < 1.29 is 36.9 Å². The summed E-state index contributed by atoms with van der Waals surface area (Å²) in [6, 6.07) is 16.8. The lowest BCUT2D eigenvalue weighted by molar-refractivity contribution is 0.0620. The number of ether oxygens (including phenoxy) is 4. The number of carbonyl (C=O) groups excluding carboxylic acids is 1. The molecule has 16 heteroatoms. The molecular weight excluding hydrogens is 1010 g/mol. The molecule has 1 amide bonds. The van der Waals surface area contributed by atoms with Crippen molar-refractivity contribution in [3.05, 3.63) is 77.4 Å². The van der Waals surface area contributed by atoms with Gasteiger partial charge in [0.25, 0.3) is 8.32 Å². The predicted molar refractivity (Wildman–Crippen MR) is 308 cm³/mol. The van der Waals surface area contributed by atoms with Gasteiger partial charge in [-0.15, -0.1) is 5.54 Å². The molecule has 2 aromatic heterocycles. The summed E-state index contributed by atoms with van der Waals surface area (Å²) in [5.41, 5.74) is 6.72. The number of halogens is 2. The maximum atomic E-state index is 18.6. The number of pyridine rings is 1. The number of benzene rings is 3. The van der Waals surface area contributed by atoms with Crippen molar-refractivity contribution in [3.63, 3.8) is 0 Å². The van der Waals surface area contributed by atoms with Crippen LogP contribution in [-0.2, 0) is 16.1 Å². The lowest BCUT2D eigenvalue weighted by Gasteiger charge is -2.42. The van der Waals surface area contributed by atoms with Gasteiger partial charge in [0.15, 0.2) is 5.82 Å². The molecule has 5 aromatic rings. The number of aromatic nitrogens is 3. The highest BCUT2D eigenvalue weighted by Gasteiger charge is 2.49. The van der Waals surface area contributed by atoms with Crippen molar-refractivity contribution in [2.24, 2.45) is 5.41 Å². The van der Waals surface area contributed by atoms with Gasteiger partial charge in [-0.25, -0.2) is 18.6 Å². The molecule has 2 aliphatic heterocycles. The van der Waals surface area contributed by atoms with Gasteiger partial charge in [-0.3, -0.25) is 4.90 Å². The normalized spacial score (nSPS) is 18.8. The monoisotopic (exact) mass is 1090 g/mol. The summed E-state index contributed by atoms with van der Waals surface area (Å²) < 4.78 is 67.5. The highest BCUT2D eigenvalue weighted by molar-refractivity contribution is 6.90. The smallest absolute Gasteiger partial charge is 0.410 e. The quantitative estimate of drug-likeness (QED) is 0.0618. The number of nitrogens with zero attached hydrogens (tertiary/aromatic N) is 6. The van der Waals surface area contributed by atoms with E-state index >= 15 is 8.78 Å². The Hall–Kier alpha value is -5.35. The molecule has 9 rings (SSSR count). The lowest BCUT2D eigenvalue weighted by Crippen LogP contribution is -2.50. The summed E-state index contributed by atoms with van der Waals surface area (Å²) in [5.74, 6) is 3.47. The Kier molecular flexibility index (Phi) is 16.7. The van der Waals surface area contributed by atoms with E-state index in [0.717, 1.165) is 37.8 Å². The zero-order valence-electron chi connectivity index (χ0n) is 47.9. The molecular formula is C61H82F2N6O6Si2. The van der Waals surface area contributed by atoms with E-state index in [4.69, 9.17) is 38.3 Å². The number of hydrogen-bond donors (Lipinski definition) is 0. The molecule has 2 atom stereocenters. The standard InChI is InChI=1S/C61H82F2N6O6Si2/c1-38(2)76(39(3)4,40(5)6)31-22-47-49(62)21-20-45-32-46(75-77(41(7)8,42(9)10)43(11)12)33-48(52(45)47)55-54(63)56-53(58(64-55)71-13)57(69-25-17-30-72-51-34-50(51)69)66-59(65-56)74-37-61(23-24-61)36-67-26-28-68(29-27-67)60(70)73-35-44-18-15-14-16-19-44/h14-16,18-21,32-33,38-43,50-51H,17,23-30,34-37H2,1-13H3. The Morgan fingerprint density at radius 3 is 2.12 bits per heavy atom. The zero-order valence-corrected chi connectivity index (χ0v) is 49.9. The van der Waals surface area contributed by atoms with Crippen LogP contribution in [0.5, 0.6) is 17.6 Å². The van der Waals surface area contributed by atoms with Crippen LogP contribution in [0.4, 0.5) is 19.4 Å². The second kappa shape index (κ2) is 22.8. The Bertz CT molecular complexity index is 2960. The maximum Gasteiger partial charge on any atom is 0.410 e. The minimum atomic E-state index is -2.57. The van der Waals surface area contributed by atoms with E-state index in [0.29, 0.717) is 95.9 Å². The fourth-order valence-corrected chi connectivity index (χ4v) is 23.8. The van der Waals surface area contributed by atoms with Gasteiger partial charge in [0, 0.05) is 62.2 Å². The van der Waals surface area contributed by atoms with E-state index in [2.05, 4.69) is 104 Å². The molecule has 12 nitrogen and oxygen atoms in total. The topological polar surface area (TPSA) is 112 Å². The van der Waals surface area contributed by atoms with Crippen molar-refractivity contribution in [2.45, 2.75) is 161 Å². The maximum absolute atomic E-state index is 18.6. The summed E-state index contributed by atoms with van der Waals surface area (Å²) in [5, 5.41) is 1.47. The highest BCUT2D eigenvalue weighted by Crippen LogP contribution is 2.50. The summed E-state index contributed by atoms with van der Waals surface area (Å²) in [6.07, 6.45) is 3.20. The first-order chi connectivity index (χ1) is 36.7. The number of hydrogen-bond acceptors (Lipinski definition) is 11. The van der Waals surface area contributed by atoms with Gasteiger partial charge >= 0.3 is 12.1 Å². The molecule has 4 aliphatic rings. The first-order valence-electron chi connectivity index (χ1n) is 28.4. The second-order valence-electron chi connectivity index (χ2n) is 24.2. The number of rotatable bonds is 18. The average molecular weight is 1090 g/mol. The first kappa shape index (κ1) is 56.4. The third kappa shape index (κ3) is 11.2. The van der Waals surface area contributed by atoms with Gasteiger partial charge in [0.1, 0.15) is 48.7 Å². The summed E-state index contributed by atoms with van der Waals surface area (Å²) in [4.78, 5) is 34.5. The number of anilines is 1. The minimum absolute atomic E-state index is 0.000969. The van der Waals surface area contributed by atoms with Gasteiger partial charge in [-0.2, -0.15) is 9.97 Å². The molecule has 4 heterocycles. The third-order valence-corrected chi connectivity index (χ3v) is 29.9. The molecule has 0 radical (unpaired) electrons. The lowest BCUT2D eigenvalue weighted by atomic mass is 9.95. The largest absolute Gasteiger partial charge is 0.543 e. The van der Waals surface area contributed by atoms with E-state index in [1.54, 1.807) is 11.0 Å². The Labute approximate surface area is 458 Å². The molecule has 2 saturated heterocycles. The van der Waals surface area contributed by atoms with E-state index in [9.17, 15) is 4.79 Å². The molecule has 2 saturated carbocycles. The minimum Gasteiger partial charge on any atom is -0.543 e. The van der Waals surface area contributed by atoms with Crippen LogP contribution in [0.15, 0.2) is 54.6 Å². The Morgan fingerprint density at radius 2 is 1.49 bits per heavy atom. The van der Waals surface area contributed by atoms with Gasteiger partial charge in [-0.05, 0) is 88.1 Å². The Morgan fingerprint density at radius 1 is 0.818 bits per heavy atom. The van der Waals surface area contributed by atoms with Crippen molar-refractivity contribution in [1.29, 1.82) is 0 Å². The van der Waals surface area contributed by atoms with Crippen molar-refractivity contribution >= 4 is 50.0 Å². The van der Waals surface area contributed by atoms with Crippen LogP contribution in [-0.4, -0.2) is 119 Å². The molecule has 0 N–H and O–H groups in total. The van der Waals surface area contributed by atoms with Gasteiger partial charge in [0.2, 0.25) is 5.88 Å². The van der Waals surface area contributed by atoms with Crippen LogP contribution >= 0.6 is 0 Å². The van der Waals surface area contributed by atoms with Crippen molar-refractivity contribution in [1.82, 2.24) is 24.8 Å². The molecule has 2 aliphatic carbocycles. The van der Waals surface area contributed by atoms with Crippen molar-refractivity contribution in [3.8, 4) is 40.4 Å². The van der Waals surface area contributed by atoms with Crippen LogP contribution in [0.1, 0.15) is 120 Å². The van der Waals surface area contributed by atoms with Crippen LogP contribution in [0, 0.1) is 28.5 Å². The van der Waals surface area contributed by atoms with E-state index in [-0.39, 0.29) is 75.5 Å². The van der Waals surface area contributed by atoms with Gasteiger partial charge in [0.05, 0.1) is 31.4 Å². The average Bonchev–Trinajstić information content (AvgIpc) is 4.35. The second-order valence-corrected chi connectivity index (χ2v) is 35.2. The number of fused-ring (bicyclic) bond motifs is 3. The van der Waals surface area contributed by atoms with Gasteiger partial charge < -0.3 is 33.2 Å².